The Bertz CT molecular complexity index is 1760. The molecule has 2 N–H and O–H groups in total. The van der Waals surface area contributed by atoms with Gasteiger partial charge in [0.2, 0.25) is 5.91 Å². The Morgan fingerprint density at radius 1 is 0.864 bits per heavy atom. The standard InChI is InChI=1S/C31H30N4O8S/c1-42-28-16-15-22(19-29(28)43-2)17-18-32-31(37)26-13-6-7-14-27(26)33-30(36)21-34(23-9-8-10-24(20-23)35(38)39)44(40,41)25-11-4-3-5-12-25/h3-16,19-20H,17-18,21H2,1-2H3,(H,32,37)(H,33,36). The van der Waals surface area contributed by atoms with Gasteiger partial charge in [0.25, 0.3) is 21.6 Å². The molecule has 0 aliphatic heterocycles. The summed E-state index contributed by atoms with van der Waals surface area (Å²) in [7, 11) is -1.23. The van der Waals surface area contributed by atoms with Crippen molar-refractivity contribution in [1.29, 1.82) is 0 Å². The number of hydrogen-bond acceptors (Lipinski definition) is 8. The van der Waals surface area contributed by atoms with Crippen LogP contribution in [-0.4, -0.2) is 52.5 Å². The summed E-state index contributed by atoms with van der Waals surface area (Å²) in [6, 6.07) is 24.2. The predicted molar refractivity (Wildman–Crippen MR) is 165 cm³/mol. The van der Waals surface area contributed by atoms with Gasteiger partial charge in [-0.05, 0) is 54.4 Å². The molecule has 228 valence electrons. The molecule has 4 aromatic carbocycles. The maximum Gasteiger partial charge on any atom is 0.271 e. The van der Waals surface area contributed by atoms with E-state index in [0.29, 0.717) is 17.9 Å². The number of benzene rings is 4. The van der Waals surface area contributed by atoms with Crippen LogP contribution in [0.25, 0.3) is 0 Å². The lowest BCUT2D eigenvalue weighted by molar-refractivity contribution is -0.384. The molecule has 4 rings (SSSR count). The van der Waals surface area contributed by atoms with E-state index in [9.17, 15) is 28.1 Å². The highest BCUT2D eigenvalue weighted by Gasteiger charge is 2.28. The molecule has 0 saturated carbocycles. The van der Waals surface area contributed by atoms with E-state index >= 15 is 0 Å². The molecule has 44 heavy (non-hydrogen) atoms. The summed E-state index contributed by atoms with van der Waals surface area (Å²) in [6.07, 6.45) is 0.496. The molecule has 0 aliphatic carbocycles. The van der Waals surface area contributed by atoms with Gasteiger partial charge in [0.1, 0.15) is 6.54 Å². The fourth-order valence-electron chi connectivity index (χ4n) is 4.36. The number of para-hydroxylation sites is 1. The van der Waals surface area contributed by atoms with E-state index in [2.05, 4.69) is 10.6 Å². The van der Waals surface area contributed by atoms with Crippen molar-refractivity contribution in [3.8, 4) is 11.5 Å². The molecule has 0 aromatic heterocycles. The van der Waals surface area contributed by atoms with Gasteiger partial charge in [0, 0.05) is 18.7 Å². The predicted octanol–water partition coefficient (Wildman–Crippen LogP) is 4.42. The lowest BCUT2D eigenvalue weighted by atomic mass is 10.1. The van der Waals surface area contributed by atoms with Gasteiger partial charge in [-0.15, -0.1) is 0 Å². The summed E-state index contributed by atoms with van der Waals surface area (Å²) < 4.78 is 38.5. The maximum absolute atomic E-state index is 13.6. The second-order valence-electron chi connectivity index (χ2n) is 9.39. The van der Waals surface area contributed by atoms with Crippen LogP contribution in [0.15, 0.2) is 102 Å². The number of hydrogen-bond donors (Lipinski definition) is 2. The largest absolute Gasteiger partial charge is 0.493 e. The molecule has 13 heteroatoms. The van der Waals surface area contributed by atoms with E-state index in [4.69, 9.17) is 9.47 Å². The zero-order chi connectivity index (χ0) is 31.7. The lowest BCUT2D eigenvalue weighted by Crippen LogP contribution is -2.38. The highest BCUT2D eigenvalue weighted by molar-refractivity contribution is 7.92. The first-order valence-corrected chi connectivity index (χ1v) is 14.8. The van der Waals surface area contributed by atoms with Gasteiger partial charge in [0.15, 0.2) is 11.5 Å². The number of rotatable bonds is 13. The highest BCUT2D eigenvalue weighted by atomic mass is 32.2. The lowest BCUT2D eigenvalue weighted by Gasteiger charge is -2.24. The summed E-state index contributed by atoms with van der Waals surface area (Å²) >= 11 is 0. The Hall–Kier alpha value is -5.43. The van der Waals surface area contributed by atoms with Gasteiger partial charge in [0.05, 0.1) is 41.0 Å². The number of nitro benzene ring substituents is 1. The SMILES string of the molecule is COc1ccc(CCNC(=O)c2ccccc2NC(=O)CN(c2cccc([N+](=O)[O-])c2)S(=O)(=O)c2ccccc2)cc1OC. The molecule has 0 saturated heterocycles. The Balaban J connectivity index is 1.51. The number of nitro groups is 1. The van der Waals surface area contributed by atoms with Gasteiger partial charge in [-0.25, -0.2) is 8.42 Å². The van der Waals surface area contributed by atoms with Gasteiger partial charge < -0.3 is 20.1 Å². The van der Waals surface area contributed by atoms with Crippen LogP contribution in [-0.2, 0) is 21.2 Å². The highest BCUT2D eigenvalue weighted by Crippen LogP contribution is 2.28. The summed E-state index contributed by atoms with van der Waals surface area (Å²) in [5.41, 5.74) is 0.828. The number of ether oxygens (including phenoxy) is 2. The van der Waals surface area contributed by atoms with Crippen molar-refractivity contribution in [1.82, 2.24) is 5.32 Å². The quantitative estimate of drug-likeness (QED) is 0.165. The number of sulfonamides is 1. The van der Waals surface area contributed by atoms with Gasteiger partial charge in [-0.3, -0.25) is 24.0 Å². The van der Waals surface area contributed by atoms with Gasteiger partial charge >= 0.3 is 0 Å². The molecule has 0 fully saturated rings. The van der Waals surface area contributed by atoms with Crippen molar-refractivity contribution >= 4 is 38.9 Å². The first-order chi connectivity index (χ1) is 21.1. The van der Waals surface area contributed by atoms with Crippen LogP contribution in [0.1, 0.15) is 15.9 Å². The number of carbonyl (C=O) groups excluding carboxylic acids is 2. The van der Waals surface area contributed by atoms with Crippen molar-refractivity contribution < 1.29 is 32.4 Å². The second-order valence-corrected chi connectivity index (χ2v) is 11.3. The number of carbonyl (C=O) groups is 2. The molecule has 0 unspecified atom stereocenters. The average molecular weight is 619 g/mol. The Labute approximate surface area is 254 Å². The minimum atomic E-state index is -4.30. The Morgan fingerprint density at radius 3 is 2.27 bits per heavy atom. The number of non-ortho nitro benzene ring substituents is 1. The van der Waals surface area contributed by atoms with Crippen molar-refractivity contribution in [2.75, 3.05) is 36.9 Å². The van der Waals surface area contributed by atoms with Crippen molar-refractivity contribution in [3.63, 3.8) is 0 Å². The maximum atomic E-state index is 13.6. The third-order valence-corrected chi connectivity index (χ3v) is 8.33. The zero-order valence-corrected chi connectivity index (χ0v) is 24.7. The van der Waals surface area contributed by atoms with Crippen molar-refractivity contribution in [2.24, 2.45) is 0 Å². The normalized spacial score (nSPS) is 10.9. The van der Waals surface area contributed by atoms with E-state index in [1.54, 1.807) is 31.4 Å². The van der Waals surface area contributed by atoms with Crippen molar-refractivity contribution in [2.45, 2.75) is 11.3 Å². The molecule has 12 nitrogen and oxygen atoms in total. The molecule has 0 radical (unpaired) electrons. The van der Waals surface area contributed by atoms with Crippen LogP contribution < -0.4 is 24.4 Å². The smallest absolute Gasteiger partial charge is 0.271 e. The molecule has 2 amide bonds. The molecule has 0 aliphatic rings. The van der Waals surface area contributed by atoms with Crippen LogP contribution in [0, 0.1) is 10.1 Å². The van der Waals surface area contributed by atoms with E-state index in [1.807, 2.05) is 12.1 Å². The summed E-state index contributed by atoms with van der Waals surface area (Å²) in [5, 5.41) is 16.8. The van der Waals surface area contributed by atoms with Gasteiger partial charge in [-0.1, -0.05) is 42.5 Å². The minimum Gasteiger partial charge on any atom is -0.493 e. The Kier molecular flexibility index (Phi) is 10.1. The average Bonchev–Trinajstić information content (AvgIpc) is 3.04. The topological polar surface area (TPSA) is 157 Å². The van der Waals surface area contributed by atoms with Crippen LogP contribution in [0.3, 0.4) is 0 Å². The van der Waals surface area contributed by atoms with Crippen LogP contribution >= 0.6 is 0 Å². The molecule has 0 bridgehead atoms. The molecular formula is C31H30N4O8S. The number of amides is 2. The summed E-state index contributed by atoms with van der Waals surface area (Å²) in [6.45, 7) is -0.430. The van der Waals surface area contributed by atoms with Gasteiger partial charge in [-0.2, -0.15) is 0 Å². The summed E-state index contributed by atoms with van der Waals surface area (Å²) in [4.78, 5) is 37.0. The second kappa shape index (κ2) is 14.2. The van der Waals surface area contributed by atoms with Crippen molar-refractivity contribution in [3.05, 3.63) is 118 Å². The molecule has 0 heterocycles. The van der Waals surface area contributed by atoms with E-state index < -0.39 is 33.3 Å². The van der Waals surface area contributed by atoms with Crippen LogP contribution in [0.2, 0.25) is 0 Å². The number of nitrogens with zero attached hydrogens (tertiary/aromatic N) is 2. The van der Waals surface area contributed by atoms with Crippen LogP contribution in [0.5, 0.6) is 11.5 Å². The minimum absolute atomic E-state index is 0.0700. The van der Waals surface area contributed by atoms with E-state index in [0.717, 1.165) is 15.9 Å². The fraction of sp³-hybridized carbons (Fsp3) is 0.161. The molecule has 0 spiro atoms. The number of methoxy groups -OCH3 is 2. The van der Waals surface area contributed by atoms with E-state index in [1.165, 1.54) is 61.7 Å². The zero-order valence-electron chi connectivity index (χ0n) is 23.9. The first-order valence-electron chi connectivity index (χ1n) is 13.3. The Morgan fingerprint density at radius 2 is 1.57 bits per heavy atom. The van der Waals surface area contributed by atoms with E-state index in [-0.39, 0.29) is 34.1 Å². The van der Waals surface area contributed by atoms with Crippen LogP contribution in [0.4, 0.5) is 17.1 Å². The molecule has 4 aromatic rings. The third kappa shape index (κ3) is 7.50. The third-order valence-electron chi connectivity index (χ3n) is 6.54. The fourth-order valence-corrected chi connectivity index (χ4v) is 5.79. The summed E-state index contributed by atoms with van der Waals surface area (Å²) in [5.74, 6) is -0.0567. The first kappa shape index (κ1) is 31.5. The number of nitrogens with one attached hydrogen (secondary N) is 2. The monoisotopic (exact) mass is 618 g/mol. The molecule has 0 atom stereocenters. The molecular weight excluding hydrogens is 588 g/mol. The number of anilines is 2.